The SMILES string of the molecule is C=C/C(F)=C(\N=C)C1(CN)CCC1. The van der Waals surface area contributed by atoms with Crippen LogP contribution in [-0.4, -0.2) is 13.3 Å². The quantitative estimate of drug-likeness (QED) is 0.525. The lowest BCUT2D eigenvalue weighted by atomic mass is 9.66. The molecular weight excluding hydrogens is 167 g/mol. The van der Waals surface area contributed by atoms with Crippen molar-refractivity contribution in [1.29, 1.82) is 0 Å². The molecule has 0 aromatic heterocycles. The van der Waals surface area contributed by atoms with Gasteiger partial charge in [0.25, 0.3) is 0 Å². The van der Waals surface area contributed by atoms with E-state index >= 15 is 0 Å². The molecule has 1 aliphatic rings. The maximum atomic E-state index is 13.3. The van der Waals surface area contributed by atoms with Crippen molar-refractivity contribution in [1.82, 2.24) is 0 Å². The summed E-state index contributed by atoms with van der Waals surface area (Å²) in [5.41, 5.74) is 5.74. The van der Waals surface area contributed by atoms with Crippen LogP contribution in [0.1, 0.15) is 19.3 Å². The monoisotopic (exact) mass is 182 g/mol. The van der Waals surface area contributed by atoms with Gasteiger partial charge in [0.2, 0.25) is 0 Å². The predicted molar refractivity (Wildman–Crippen MR) is 53.2 cm³/mol. The van der Waals surface area contributed by atoms with Crippen LogP contribution in [-0.2, 0) is 0 Å². The Morgan fingerprint density at radius 3 is 2.46 bits per heavy atom. The summed E-state index contributed by atoms with van der Waals surface area (Å²) < 4.78 is 13.3. The Hall–Kier alpha value is -0.960. The number of nitrogens with zero attached hydrogens (tertiary/aromatic N) is 1. The fourth-order valence-corrected chi connectivity index (χ4v) is 1.73. The molecule has 0 amide bonds. The van der Waals surface area contributed by atoms with E-state index in [2.05, 4.69) is 18.3 Å². The van der Waals surface area contributed by atoms with Gasteiger partial charge in [0, 0.05) is 12.0 Å². The van der Waals surface area contributed by atoms with Crippen molar-refractivity contribution in [2.45, 2.75) is 19.3 Å². The average molecular weight is 182 g/mol. The van der Waals surface area contributed by atoms with Gasteiger partial charge in [0.1, 0.15) is 5.83 Å². The molecule has 72 valence electrons. The Kier molecular flexibility index (Phi) is 2.98. The molecule has 0 aromatic carbocycles. The van der Waals surface area contributed by atoms with Crippen LogP contribution < -0.4 is 5.73 Å². The molecule has 13 heavy (non-hydrogen) atoms. The fraction of sp³-hybridized carbons (Fsp3) is 0.500. The molecule has 0 unspecified atom stereocenters. The van der Waals surface area contributed by atoms with Crippen LogP contribution in [0.2, 0.25) is 0 Å². The first-order valence-electron chi connectivity index (χ1n) is 4.39. The lowest BCUT2D eigenvalue weighted by Gasteiger charge is -2.41. The van der Waals surface area contributed by atoms with E-state index in [-0.39, 0.29) is 11.2 Å². The van der Waals surface area contributed by atoms with E-state index in [0.29, 0.717) is 12.2 Å². The summed E-state index contributed by atoms with van der Waals surface area (Å²) in [7, 11) is 0. The van der Waals surface area contributed by atoms with Gasteiger partial charge in [-0.2, -0.15) is 0 Å². The zero-order chi connectivity index (χ0) is 9.90. The number of nitrogens with two attached hydrogens (primary N) is 1. The number of hydrogen-bond donors (Lipinski definition) is 1. The van der Waals surface area contributed by atoms with Gasteiger partial charge in [0.05, 0.1) is 5.70 Å². The van der Waals surface area contributed by atoms with Crippen molar-refractivity contribution in [2.24, 2.45) is 16.1 Å². The highest BCUT2D eigenvalue weighted by Gasteiger charge is 2.40. The van der Waals surface area contributed by atoms with E-state index in [9.17, 15) is 4.39 Å². The molecule has 0 saturated heterocycles. The van der Waals surface area contributed by atoms with Crippen LogP contribution in [0, 0.1) is 5.41 Å². The second kappa shape index (κ2) is 3.83. The molecule has 2 N–H and O–H groups in total. The molecule has 0 spiro atoms. The van der Waals surface area contributed by atoms with E-state index in [1.807, 2.05) is 0 Å². The van der Waals surface area contributed by atoms with Gasteiger partial charge >= 0.3 is 0 Å². The highest BCUT2D eigenvalue weighted by atomic mass is 19.1. The minimum atomic E-state index is -0.389. The van der Waals surface area contributed by atoms with Crippen LogP contribution in [0.4, 0.5) is 4.39 Å². The van der Waals surface area contributed by atoms with E-state index in [1.54, 1.807) is 0 Å². The lowest BCUT2D eigenvalue weighted by Crippen LogP contribution is -2.38. The molecule has 0 atom stereocenters. The Balaban J connectivity index is 3.00. The second-order valence-corrected chi connectivity index (χ2v) is 3.40. The molecule has 0 heterocycles. The molecule has 0 aromatic rings. The number of rotatable bonds is 4. The molecule has 0 radical (unpaired) electrons. The average Bonchev–Trinajstić information content (AvgIpc) is 2.10. The minimum absolute atomic E-state index is 0.264. The van der Waals surface area contributed by atoms with Gasteiger partial charge in [-0.1, -0.05) is 13.0 Å². The number of allylic oxidation sites excluding steroid dienone is 2. The Labute approximate surface area is 78.0 Å². The zero-order valence-corrected chi connectivity index (χ0v) is 7.72. The van der Waals surface area contributed by atoms with Crippen LogP contribution in [0.25, 0.3) is 0 Å². The van der Waals surface area contributed by atoms with Crippen molar-refractivity contribution in [2.75, 3.05) is 6.54 Å². The van der Waals surface area contributed by atoms with Crippen molar-refractivity contribution < 1.29 is 4.39 Å². The Morgan fingerprint density at radius 2 is 2.23 bits per heavy atom. The maximum absolute atomic E-state index is 13.3. The molecule has 1 aliphatic carbocycles. The van der Waals surface area contributed by atoms with Gasteiger partial charge in [-0.3, -0.25) is 4.99 Å². The summed E-state index contributed by atoms with van der Waals surface area (Å²) in [6.45, 7) is 7.18. The molecule has 1 saturated carbocycles. The highest BCUT2D eigenvalue weighted by molar-refractivity contribution is 5.36. The molecule has 1 rings (SSSR count). The summed E-state index contributed by atoms with van der Waals surface area (Å²) in [6, 6.07) is 0. The smallest absolute Gasteiger partial charge is 0.144 e. The first kappa shape index (κ1) is 10.1. The first-order chi connectivity index (χ1) is 6.20. The topological polar surface area (TPSA) is 38.4 Å². The Morgan fingerprint density at radius 1 is 1.62 bits per heavy atom. The van der Waals surface area contributed by atoms with Gasteiger partial charge in [-0.15, -0.1) is 0 Å². The summed E-state index contributed by atoms with van der Waals surface area (Å²) in [6.07, 6.45) is 4.05. The summed E-state index contributed by atoms with van der Waals surface area (Å²) >= 11 is 0. The van der Waals surface area contributed by atoms with E-state index < -0.39 is 0 Å². The molecule has 2 nitrogen and oxygen atoms in total. The zero-order valence-electron chi connectivity index (χ0n) is 7.72. The molecule has 0 aliphatic heterocycles. The van der Waals surface area contributed by atoms with Gasteiger partial charge < -0.3 is 5.73 Å². The van der Waals surface area contributed by atoms with Gasteiger partial charge in [-0.25, -0.2) is 4.39 Å². The molecule has 3 heteroatoms. The second-order valence-electron chi connectivity index (χ2n) is 3.40. The molecular formula is C10H15FN2. The third-order valence-corrected chi connectivity index (χ3v) is 2.77. The molecule has 1 fully saturated rings. The van der Waals surface area contributed by atoms with Crippen LogP contribution >= 0.6 is 0 Å². The third kappa shape index (κ3) is 1.56. The number of hydrogen-bond acceptors (Lipinski definition) is 2. The number of halogens is 1. The van der Waals surface area contributed by atoms with Crippen molar-refractivity contribution in [3.05, 3.63) is 24.2 Å². The minimum Gasteiger partial charge on any atom is -0.330 e. The normalized spacial score (nSPS) is 21.4. The Bertz CT molecular complexity index is 246. The predicted octanol–water partition coefficient (Wildman–Crippen LogP) is 2.18. The van der Waals surface area contributed by atoms with Gasteiger partial charge in [0.15, 0.2) is 0 Å². The third-order valence-electron chi connectivity index (χ3n) is 2.77. The van der Waals surface area contributed by atoms with E-state index in [1.165, 1.54) is 6.08 Å². The summed E-state index contributed by atoms with van der Waals surface area (Å²) in [5.74, 6) is -0.389. The fourth-order valence-electron chi connectivity index (χ4n) is 1.73. The van der Waals surface area contributed by atoms with Crippen LogP contribution in [0.15, 0.2) is 29.2 Å². The first-order valence-corrected chi connectivity index (χ1v) is 4.39. The maximum Gasteiger partial charge on any atom is 0.144 e. The molecule has 0 bridgehead atoms. The van der Waals surface area contributed by atoms with Crippen LogP contribution in [0.5, 0.6) is 0 Å². The van der Waals surface area contributed by atoms with Crippen molar-refractivity contribution in [3.63, 3.8) is 0 Å². The summed E-state index contributed by atoms with van der Waals surface area (Å²) in [5, 5.41) is 0. The van der Waals surface area contributed by atoms with Crippen molar-refractivity contribution >= 4 is 6.72 Å². The van der Waals surface area contributed by atoms with E-state index in [4.69, 9.17) is 5.73 Å². The number of aliphatic imine (C=N–C) groups is 1. The highest BCUT2D eigenvalue weighted by Crippen LogP contribution is 2.47. The summed E-state index contributed by atoms with van der Waals surface area (Å²) in [4.78, 5) is 3.73. The standard InChI is InChI=1S/C10H15FN2/c1-3-8(11)9(13-2)10(7-12)5-4-6-10/h3H,1-2,4-7,12H2/b9-8+. The van der Waals surface area contributed by atoms with E-state index in [0.717, 1.165) is 19.3 Å². The van der Waals surface area contributed by atoms with Crippen LogP contribution in [0.3, 0.4) is 0 Å². The van der Waals surface area contributed by atoms with Crippen molar-refractivity contribution in [3.8, 4) is 0 Å². The largest absolute Gasteiger partial charge is 0.330 e. The lowest BCUT2D eigenvalue weighted by molar-refractivity contribution is 0.190. The van der Waals surface area contributed by atoms with Gasteiger partial charge in [-0.05, 0) is 25.6 Å².